The largest absolute Gasteiger partial charge is 0.369 e. The van der Waals surface area contributed by atoms with Crippen LogP contribution >= 0.6 is 0 Å². The third kappa shape index (κ3) is 2.82. The van der Waals surface area contributed by atoms with Gasteiger partial charge in [0.1, 0.15) is 12.1 Å². The molecule has 3 heterocycles. The molecule has 1 fully saturated rings. The van der Waals surface area contributed by atoms with Crippen molar-refractivity contribution in [3.05, 3.63) is 42.7 Å². The fourth-order valence-electron chi connectivity index (χ4n) is 3.42. The number of piperidine rings is 1. The highest BCUT2D eigenvalue weighted by Gasteiger charge is 2.30. The average Bonchev–Trinajstić information content (AvgIpc) is 3.10. The van der Waals surface area contributed by atoms with Crippen LogP contribution in [0.5, 0.6) is 0 Å². The normalized spacial score (nSPS) is 20.8. The second-order valence-electron chi connectivity index (χ2n) is 6.52. The van der Waals surface area contributed by atoms with Gasteiger partial charge in [0.05, 0.1) is 11.6 Å². The number of benzene rings is 1. The van der Waals surface area contributed by atoms with E-state index in [9.17, 15) is 4.79 Å². The summed E-state index contributed by atoms with van der Waals surface area (Å²) >= 11 is 0. The molecule has 0 spiro atoms. The third-order valence-corrected chi connectivity index (χ3v) is 4.89. The maximum atomic E-state index is 11.6. The molecule has 2 aromatic heterocycles. The Balaban J connectivity index is 1.81. The standard InChI is InChI=1S/C18H20N6O/c1-12-7-8-14(17(19)25)10-23(12)16-9-15(13-5-3-2-4-6-13)24-18(22-16)20-11-21-24/h2-6,9,11-12,14H,7-8,10H2,1H3,(H2,19,25)/t12-,14+/m1/s1. The first-order chi connectivity index (χ1) is 12.1. The summed E-state index contributed by atoms with van der Waals surface area (Å²) in [5.41, 5.74) is 7.50. The molecule has 1 aliphatic heterocycles. The van der Waals surface area contributed by atoms with Crippen LogP contribution in [-0.2, 0) is 4.79 Å². The van der Waals surface area contributed by atoms with E-state index in [2.05, 4.69) is 26.9 Å². The molecule has 2 atom stereocenters. The van der Waals surface area contributed by atoms with Gasteiger partial charge in [-0.3, -0.25) is 4.79 Å². The number of rotatable bonds is 3. The molecule has 4 rings (SSSR count). The molecule has 0 saturated carbocycles. The van der Waals surface area contributed by atoms with E-state index in [-0.39, 0.29) is 17.9 Å². The van der Waals surface area contributed by atoms with Crippen molar-refractivity contribution >= 4 is 17.5 Å². The second kappa shape index (κ2) is 6.16. The van der Waals surface area contributed by atoms with Crippen LogP contribution in [0.1, 0.15) is 19.8 Å². The number of aromatic nitrogens is 4. The summed E-state index contributed by atoms with van der Waals surface area (Å²) in [5.74, 6) is 0.957. The molecule has 7 nitrogen and oxygen atoms in total. The monoisotopic (exact) mass is 336 g/mol. The van der Waals surface area contributed by atoms with Crippen LogP contribution in [0, 0.1) is 5.92 Å². The number of nitrogens with two attached hydrogens (primary N) is 1. The molecule has 0 unspecified atom stereocenters. The van der Waals surface area contributed by atoms with Crippen LogP contribution in [0.4, 0.5) is 5.82 Å². The topological polar surface area (TPSA) is 89.4 Å². The SMILES string of the molecule is C[C@@H]1CC[C@H](C(N)=O)CN1c1cc(-c2ccccc2)n2ncnc2n1. The molecule has 1 aliphatic rings. The molecule has 7 heteroatoms. The van der Waals surface area contributed by atoms with Crippen LogP contribution in [0.15, 0.2) is 42.7 Å². The summed E-state index contributed by atoms with van der Waals surface area (Å²) in [6, 6.07) is 12.3. The van der Waals surface area contributed by atoms with Gasteiger partial charge in [0.2, 0.25) is 5.91 Å². The highest BCUT2D eigenvalue weighted by molar-refractivity contribution is 5.78. The predicted molar refractivity (Wildman–Crippen MR) is 94.9 cm³/mol. The lowest BCUT2D eigenvalue weighted by Gasteiger charge is -2.37. The fourth-order valence-corrected chi connectivity index (χ4v) is 3.42. The number of hydrogen-bond donors (Lipinski definition) is 1. The summed E-state index contributed by atoms with van der Waals surface area (Å²) in [6.07, 6.45) is 3.24. The number of hydrogen-bond acceptors (Lipinski definition) is 5. The van der Waals surface area contributed by atoms with Crippen molar-refractivity contribution in [3.63, 3.8) is 0 Å². The molecular weight excluding hydrogens is 316 g/mol. The zero-order chi connectivity index (χ0) is 17.4. The molecule has 2 N–H and O–H groups in total. The van der Waals surface area contributed by atoms with Crippen LogP contribution in [0.3, 0.4) is 0 Å². The van der Waals surface area contributed by atoms with Crippen LogP contribution in [-0.4, -0.2) is 38.1 Å². The summed E-state index contributed by atoms with van der Waals surface area (Å²) in [4.78, 5) is 22.7. The van der Waals surface area contributed by atoms with Gasteiger partial charge < -0.3 is 10.6 Å². The average molecular weight is 336 g/mol. The number of carbonyl (C=O) groups is 1. The molecule has 1 aromatic carbocycles. The Morgan fingerprint density at radius 3 is 2.80 bits per heavy atom. The Morgan fingerprint density at radius 2 is 2.04 bits per heavy atom. The Bertz CT molecular complexity index is 906. The highest BCUT2D eigenvalue weighted by Crippen LogP contribution is 2.29. The molecule has 1 saturated heterocycles. The maximum absolute atomic E-state index is 11.6. The van der Waals surface area contributed by atoms with Crippen LogP contribution in [0.2, 0.25) is 0 Å². The lowest BCUT2D eigenvalue weighted by molar-refractivity contribution is -0.122. The van der Waals surface area contributed by atoms with Crippen molar-refractivity contribution < 1.29 is 4.79 Å². The molecule has 0 aliphatic carbocycles. The minimum Gasteiger partial charge on any atom is -0.369 e. The van der Waals surface area contributed by atoms with Gasteiger partial charge in [-0.2, -0.15) is 19.6 Å². The maximum Gasteiger partial charge on any atom is 0.254 e. The molecule has 1 amide bonds. The highest BCUT2D eigenvalue weighted by atomic mass is 16.1. The molecule has 0 radical (unpaired) electrons. The van der Waals surface area contributed by atoms with Crippen molar-refractivity contribution in [2.45, 2.75) is 25.8 Å². The van der Waals surface area contributed by atoms with Gasteiger partial charge in [-0.05, 0) is 19.8 Å². The van der Waals surface area contributed by atoms with E-state index in [1.807, 2.05) is 36.4 Å². The molecular formula is C18H20N6O. The Kier molecular flexibility index (Phi) is 3.83. The first-order valence-electron chi connectivity index (χ1n) is 8.45. The Labute approximate surface area is 145 Å². The van der Waals surface area contributed by atoms with E-state index in [0.29, 0.717) is 12.3 Å². The van der Waals surface area contributed by atoms with E-state index in [4.69, 9.17) is 5.73 Å². The summed E-state index contributed by atoms with van der Waals surface area (Å²) in [7, 11) is 0. The van der Waals surface area contributed by atoms with Crippen molar-refractivity contribution in [1.82, 2.24) is 19.6 Å². The quantitative estimate of drug-likeness (QED) is 0.789. The van der Waals surface area contributed by atoms with E-state index < -0.39 is 0 Å². The van der Waals surface area contributed by atoms with Gasteiger partial charge in [0, 0.05) is 24.2 Å². The minimum atomic E-state index is -0.247. The summed E-state index contributed by atoms with van der Waals surface area (Å²) in [6.45, 7) is 2.73. The predicted octanol–water partition coefficient (Wildman–Crippen LogP) is 1.88. The van der Waals surface area contributed by atoms with Crippen molar-refractivity contribution in [3.8, 4) is 11.3 Å². The van der Waals surface area contributed by atoms with Gasteiger partial charge in [-0.15, -0.1) is 0 Å². The number of primary amides is 1. The Hall–Kier alpha value is -2.96. The first-order valence-corrected chi connectivity index (χ1v) is 8.45. The van der Waals surface area contributed by atoms with E-state index >= 15 is 0 Å². The molecule has 3 aromatic rings. The number of carbonyl (C=O) groups excluding carboxylic acids is 1. The third-order valence-electron chi connectivity index (χ3n) is 4.89. The van der Waals surface area contributed by atoms with E-state index in [1.54, 1.807) is 4.52 Å². The van der Waals surface area contributed by atoms with Gasteiger partial charge in [-0.25, -0.2) is 0 Å². The lowest BCUT2D eigenvalue weighted by atomic mass is 9.93. The van der Waals surface area contributed by atoms with E-state index in [0.717, 1.165) is 29.9 Å². The van der Waals surface area contributed by atoms with Gasteiger partial charge >= 0.3 is 0 Å². The molecule has 0 bridgehead atoms. The lowest BCUT2D eigenvalue weighted by Crippen LogP contribution is -2.46. The van der Waals surface area contributed by atoms with Gasteiger partial charge in [-0.1, -0.05) is 30.3 Å². The van der Waals surface area contributed by atoms with Gasteiger partial charge in [0.15, 0.2) is 0 Å². The number of nitrogens with zero attached hydrogens (tertiary/aromatic N) is 5. The van der Waals surface area contributed by atoms with Crippen LogP contribution in [0.25, 0.3) is 17.0 Å². The molecule has 25 heavy (non-hydrogen) atoms. The zero-order valence-electron chi connectivity index (χ0n) is 14.0. The second-order valence-corrected chi connectivity index (χ2v) is 6.52. The number of amides is 1. The number of fused-ring (bicyclic) bond motifs is 1. The summed E-state index contributed by atoms with van der Waals surface area (Å²) < 4.78 is 1.74. The van der Waals surface area contributed by atoms with Crippen molar-refractivity contribution in [2.24, 2.45) is 11.7 Å². The van der Waals surface area contributed by atoms with Crippen LogP contribution < -0.4 is 10.6 Å². The van der Waals surface area contributed by atoms with E-state index in [1.165, 1.54) is 6.33 Å². The minimum absolute atomic E-state index is 0.146. The Morgan fingerprint density at radius 1 is 1.24 bits per heavy atom. The first kappa shape index (κ1) is 15.6. The number of anilines is 1. The fraction of sp³-hybridized carbons (Fsp3) is 0.333. The molecule has 128 valence electrons. The zero-order valence-corrected chi connectivity index (χ0v) is 14.0. The van der Waals surface area contributed by atoms with Crippen molar-refractivity contribution in [2.75, 3.05) is 11.4 Å². The summed E-state index contributed by atoms with van der Waals surface area (Å²) in [5, 5.41) is 4.29. The van der Waals surface area contributed by atoms with Gasteiger partial charge in [0.25, 0.3) is 5.78 Å². The smallest absolute Gasteiger partial charge is 0.254 e. The van der Waals surface area contributed by atoms with Crippen molar-refractivity contribution in [1.29, 1.82) is 0 Å².